The van der Waals surface area contributed by atoms with Gasteiger partial charge in [0.05, 0.1) is 0 Å². The van der Waals surface area contributed by atoms with Crippen molar-refractivity contribution in [2.45, 2.75) is 64.1 Å². The zero-order valence-electron chi connectivity index (χ0n) is 13.6. The Labute approximate surface area is 138 Å². The lowest BCUT2D eigenvalue weighted by molar-refractivity contribution is 0.0824. The Hall–Kier alpha value is -0.380. The third kappa shape index (κ3) is 4.08. The highest BCUT2D eigenvalue weighted by atomic mass is 79.9. The molecule has 4 unspecified atom stereocenters. The maximum absolute atomic E-state index is 6.49. The largest absolute Gasteiger partial charge is 0.326 e. The molecule has 2 nitrogen and oxygen atoms in total. The van der Waals surface area contributed by atoms with Gasteiger partial charge in [-0.15, -0.1) is 0 Å². The van der Waals surface area contributed by atoms with E-state index in [2.05, 4.69) is 66.0 Å². The van der Waals surface area contributed by atoms with E-state index in [0.29, 0.717) is 12.1 Å². The van der Waals surface area contributed by atoms with E-state index in [4.69, 9.17) is 5.73 Å². The van der Waals surface area contributed by atoms with Gasteiger partial charge < -0.3 is 5.73 Å². The number of nitrogens with two attached hydrogens (primary N) is 1. The maximum atomic E-state index is 6.49. The van der Waals surface area contributed by atoms with E-state index in [0.717, 1.165) is 16.8 Å². The summed E-state index contributed by atoms with van der Waals surface area (Å²) in [5.41, 5.74) is 7.83. The molecule has 0 aromatic heterocycles. The fourth-order valence-corrected chi connectivity index (χ4v) is 4.04. The van der Waals surface area contributed by atoms with Crippen molar-refractivity contribution in [1.29, 1.82) is 0 Å². The molecule has 1 fully saturated rings. The number of benzene rings is 1. The van der Waals surface area contributed by atoms with Crippen LogP contribution in [0.25, 0.3) is 0 Å². The molecule has 2 rings (SSSR count). The summed E-state index contributed by atoms with van der Waals surface area (Å²) in [7, 11) is 2.27. The second kappa shape index (κ2) is 7.75. The van der Waals surface area contributed by atoms with Crippen molar-refractivity contribution in [2.75, 3.05) is 7.05 Å². The van der Waals surface area contributed by atoms with E-state index in [-0.39, 0.29) is 6.04 Å². The normalized spacial score (nSPS) is 25.8. The van der Waals surface area contributed by atoms with Crippen LogP contribution in [0.5, 0.6) is 0 Å². The Morgan fingerprint density at radius 1 is 1.24 bits per heavy atom. The van der Waals surface area contributed by atoms with Crippen LogP contribution in [-0.4, -0.2) is 24.0 Å². The number of nitrogens with zero attached hydrogens (tertiary/aromatic N) is 1. The van der Waals surface area contributed by atoms with Gasteiger partial charge in [-0.2, -0.15) is 0 Å². The summed E-state index contributed by atoms with van der Waals surface area (Å²) < 4.78 is 1.13. The van der Waals surface area contributed by atoms with Crippen molar-refractivity contribution in [3.8, 4) is 0 Å². The number of hydrogen-bond acceptors (Lipinski definition) is 2. The Balaban J connectivity index is 2.24. The molecule has 0 spiro atoms. The summed E-state index contributed by atoms with van der Waals surface area (Å²) >= 11 is 3.53. The summed E-state index contributed by atoms with van der Waals surface area (Å²) in [6.07, 6.45) is 6.40. The molecule has 3 heteroatoms. The molecule has 1 aromatic rings. The van der Waals surface area contributed by atoms with E-state index in [1.165, 1.54) is 31.2 Å². The minimum atomic E-state index is 0.185. The van der Waals surface area contributed by atoms with E-state index in [1.54, 1.807) is 0 Å². The first-order valence-electron chi connectivity index (χ1n) is 8.27. The molecule has 118 valence electrons. The number of likely N-dealkylation sites (N-methyl/N-ethyl adjacent to an activating group) is 1. The van der Waals surface area contributed by atoms with Gasteiger partial charge in [0.2, 0.25) is 0 Å². The van der Waals surface area contributed by atoms with Crippen LogP contribution >= 0.6 is 15.9 Å². The van der Waals surface area contributed by atoms with Gasteiger partial charge >= 0.3 is 0 Å². The van der Waals surface area contributed by atoms with Gasteiger partial charge in [-0.1, -0.05) is 54.8 Å². The molecule has 1 saturated carbocycles. The molecule has 0 bridgehead atoms. The van der Waals surface area contributed by atoms with Crippen molar-refractivity contribution in [2.24, 2.45) is 11.7 Å². The van der Waals surface area contributed by atoms with Gasteiger partial charge in [0.15, 0.2) is 0 Å². The van der Waals surface area contributed by atoms with Crippen molar-refractivity contribution < 1.29 is 0 Å². The van der Waals surface area contributed by atoms with Crippen molar-refractivity contribution in [3.63, 3.8) is 0 Å². The number of rotatable bonds is 5. The monoisotopic (exact) mass is 352 g/mol. The summed E-state index contributed by atoms with van der Waals surface area (Å²) in [5, 5.41) is 0. The lowest BCUT2D eigenvalue weighted by atomic mass is 9.83. The predicted octanol–water partition coefficient (Wildman–Crippen LogP) is 4.74. The van der Waals surface area contributed by atoms with Crippen LogP contribution in [0.1, 0.15) is 57.6 Å². The summed E-state index contributed by atoms with van der Waals surface area (Å²) in [5.74, 6) is 0.769. The molecule has 0 amide bonds. The highest BCUT2D eigenvalue weighted by molar-refractivity contribution is 9.10. The highest BCUT2D eigenvalue weighted by Crippen LogP contribution is 2.34. The van der Waals surface area contributed by atoms with Crippen LogP contribution in [0.4, 0.5) is 0 Å². The molecule has 1 aromatic carbocycles. The molecule has 2 N–H and O–H groups in total. The minimum absolute atomic E-state index is 0.185. The molecule has 0 saturated heterocycles. The van der Waals surface area contributed by atoms with Crippen LogP contribution in [0, 0.1) is 5.92 Å². The second-order valence-electron chi connectivity index (χ2n) is 6.56. The van der Waals surface area contributed by atoms with Gasteiger partial charge in [0, 0.05) is 22.6 Å². The predicted molar refractivity (Wildman–Crippen MR) is 94.3 cm³/mol. The summed E-state index contributed by atoms with van der Waals surface area (Å²) in [4.78, 5) is 2.56. The summed E-state index contributed by atoms with van der Waals surface area (Å²) in [6, 6.07) is 9.85. The molecule has 0 aliphatic heterocycles. The maximum Gasteiger partial charge on any atom is 0.0499 e. The van der Waals surface area contributed by atoms with Crippen LogP contribution in [0.15, 0.2) is 28.7 Å². The average molecular weight is 353 g/mol. The third-order valence-electron chi connectivity index (χ3n) is 5.12. The second-order valence-corrected chi connectivity index (χ2v) is 7.48. The van der Waals surface area contributed by atoms with Crippen LogP contribution < -0.4 is 5.73 Å². The minimum Gasteiger partial charge on any atom is -0.326 e. The van der Waals surface area contributed by atoms with E-state index in [1.807, 2.05) is 0 Å². The SMILES string of the molecule is CCC(N)C(c1ccc(Br)cc1)N(C)C1CCCCC1C. The third-order valence-corrected chi connectivity index (χ3v) is 5.65. The van der Waals surface area contributed by atoms with Crippen LogP contribution in [0.2, 0.25) is 0 Å². The van der Waals surface area contributed by atoms with Gasteiger partial charge in [-0.05, 0) is 49.9 Å². The van der Waals surface area contributed by atoms with Crippen molar-refractivity contribution in [3.05, 3.63) is 34.3 Å². The smallest absolute Gasteiger partial charge is 0.0499 e. The molecule has 4 atom stereocenters. The van der Waals surface area contributed by atoms with Gasteiger partial charge in [-0.3, -0.25) is 4.90 Å². The topological polar surface area (TPSA) is 29.3 Å². The molecule has 1 aliphatic rings. The fraction of sp³-hybridized carbons (Fsp3) is 0.667. The Morgan fingerprint density at radius 3 is 2.43 bits per heavy atom. The molecule has 0 radical (unpaired) electrons. The first-order valence-corrected chi connectivity index (χ1v) is 9.06. The van der Waals surface area contributed by atoms with Crippen LogP contribution in [-0.2, 0) is 0 Å². The molecule has 1 aliphatic carbocycles. The van der Waals surface area contributed by atoms with Crippen LogP contribution in [0.3, 0.4) is 0 Å². The Bertz CT molecular complexity index is 431. The van der Waals surface area contributed by atoms with Gasteiger partial charge in [0.1, 0.15) is 0 Å². The van der Waals surface area contributed by atoms with E-state index < -0.39 is 0 Å². The number of halogens is 1. The Morgan fingerprint density at radius 2 is 1.86 bits per heavy atom. The zero-order chi connectivity index (χ0) is 15.4. The first-order chi connectivity index (χ1) is 10.0. The lowest BCUT2D eigenvalue weighted by Crippen LogP contribution is -2.47. The molecular weight excluding hydrogens is 324 g/mol. The molecular formula is C18H29BrN2. The van der Waals surface area contributed by atoms with Crippen molar-refractivity contribution in [1.82, 2.24) is 4.90 Å². The standard InChI is InChI=1S/C18H29BrN2/c1-4-16(20)18(14-9-11-15(19)12-10-14)21(3)17-8-6-5-7-13(17)2/h9-13,16-18H,4-8,20H2,1-3H3. The fourth-order valence-electron chi connectivity index (χ4n) is 3.78. The molecule has 0 heterocycles. The average Bonchev–Trinajstić information content (AvgIpc) is 2.49. The quantitative estimate of drug-likeness (QED) is 0.829. The van der Waals surface area contributed by atoms with Crippen molar-refractivity contribution >= 4 is 15.9 Å². The lowest BCUT2D eigenvalue weighted by Gasteiger charge is -2.43. The highest BCUT2D eigenvalue weighted by Gasteiger charge is 2.32. The molecule has 21 heavy (non-hydrogen) atoms. The zero-order valence-corrected chi connectivity index (χ0v) is 15.1. The summed E-state index contributed by atoms with van der Waals surface area (Å²) in [6.45, 7) is 4.59. The van der Waals surface area contributed by atoms with E-state index in [9.17, 15) is 0 Å². The van der Waals surface area contributed by atoms with Gasteiger partial charge in [0.25, 0.3) is 0 Å². The Kier molecular flexibility index (Phi) is 6.27. The first kappa shape index (κ1) is 17.0. The van der Waals surface area contributed by atoms with E-state index >= 15 is 0 Å². The number of hydrogen-bond donors (Lipinski definition) is 1. The van der Waals surface area contributed by atoms with Gasteiger partial charge in [-0.25, -0.2) is 0 Å².